The molecule has 1 aromatic carbocycles. The minimum atomic E-state index is -0.606. The van der Waals surface area contributed by atoms with E-state index in [2.05, 4.69) is 12.2 Å². The van der Waals surface area contributed by atoms with Crippen LogP contribution in [0.4, 0.5) is 10.1 Å². The monoisotopic (exact) mass is 299 g/mol. The van der Waals surface area contributed by atoms with Crippen LogP contribution in [-0.2, 0) is 4.74 Å². The van der Waals surface area contributed by atoms with Gasteiger partial charge in [-0.05, 0) is 18.6 Å². The van der Waals surface area contributed by atoms with Crippen molar-refractivity contribution < 1.29 is 19.0 Å². The van der Waals surface area contributed by atoms with E-state index in [9.17, 15) is 9.50 Å². The minimum absolute atomic E-state index is 0.294. The Morgan fingerprint density at radius 1 is 1.29 bits per heavy atom. The molecule has 21 heavy (non-hydrogen) atoms. The largest absolute Gasteiger partial charge is 0.494 e. The summed E-state index contributed by atoms with van der Waals surface area (Å²) in [7, 11) is 1.48. The molecule has 4 nitrogen and oxygen atoms in total. The summed E-state index contributed by atoms with van der Waals surface area (Å²) in [6.07, 6.45) is 4.01. The van der Waals surface area contributed by atoms with E-state index >= 15 is 0 Å². The van der Waals surface area contributed by atoms with Crippen LogP contribution in [0.25, 0.3) is 0 Å². The maximum Gasteiger partial charge on any atom is 0.144 e. The highest BCUT2D eigenvalue weighted by atomic mass is 19.1. The van der Waals surface area contributed by atoms with E-state index in [4.69, 9.17) is 9.47 Å². The van der Waals surface area contributed by atoms with Gasteiger partial charge in [-0.25, -0.2) is 4.39 Å². The standard InChI is InChI=1S/C16H26FNO3/c1-3-4-5-6-9-21-12-14(19)11-18-15-8-7-13(17)10-16(15)20-2/h7-8,10,14,18-19H,3-6,9,11-12H2,1-2H3. The highest BCUT2D eigenvalue weighted by molar-refractivity contribution is 5.56. The molecule has 1 unspecified atom stereocenters. The molecule has 0 aromatic heterocycles. The van der Waals surface area contributed by atoms with Crippen LogP contribution >= 0.6 is 0 Å². The number of rotatable bonds is 11. The molecule has 0 saturated heterocycles. The fraction of sp³-hybridized carbons (Fsp3) is 0.625. The first-order valence-electron chi connectivity index (χ1n) is 7.50. The van der Waals surface area contributed by atoms with Crippen LogP contribution < -0.4 is 10.1 Å². The molecule has 0 bridgehead atoms. The second-order valence-corrected chi connectivity index (χ2v) is 5.01. The molecule has 0 radical (unpaired) electrons. The molecule has 1 rings (SSSR count). The SMILES string of the molecule is CCCCCCOCC(O)CNc1ccc(F)cc1OC. The zero-order valence-corrected chi connectivity index (χ0v) is 12.9. The lowest BCUT2D eigenvalue weighted by molar-refractivity contribution is 0.0416. The van der Waals surface area contributed by atoms with Gasteiger partial charge in [0.1, 0.15) is 11.6 Å². The molecule has 0 aliphatic carbocycles. The lowest BCUT2D eigenvalue weighted by Crippen LogP contribution is -2.25. The van der Waals surface area contributed by atoms with Crippen molar-refractivity contribution in [2.24, 2.45) is 0 Å². The molecular formula is C16H26FNO3. The molecule has 0 aliphatic rings. The third-order valence-electron chi connectivity index (χ3n) is 3.14. The molecule has 1 atom stereocenters. The number of nitrogens with one attached hydrogen (secondary N) is 1. The van der Waals surface area contributed by atoms with Crippen molar-refractivity contribution in [3.63, 3.8) is 0 Å². The summed E-state index contributed by atoms with van der Waals surface area (Å²) in [5.41, 5.74) is 0.654. The van der Waals surface area contributed by atoms with Crippen LogP contribution in [0.1, 0.15) is 32.6 Å². The van der Waals surface area contributed by atoms with Gasteiger partial charge in [-0.15, -0.1) is 0 Å². The molecule has 120 valence electrons. The topological polar surface area (TPSA) is 50.7 Å². The number of aliphatic hydroxyl groups excluding tert-OH is 1. The Labute approximate surface area is 126 Å². The predicted octanol–water partition coefficient (Wildman–Crippen LogP) is 3.20. The maximum atomic E-state index is 13.0. The number of hydrogen-bond acceptors (Lipinski definition) is 4. The van der Waals surface area contributed by atoms with Crippen LogP contribution in [0.2, 0.25) is 0 Å². The normalized spacial score (nSPS) is 12.2. The molecule has 0 spiro atoms. The third kappa shape index (κ3) is 7.29. The Morgan fingerprint density at radius 2 is 2.10 bits per heavy atom. The van der Waals surface area contributed by atoms with Crippen molar-refractivity contribution in [3.8, 4) is 5.75 Å². The Bertz CT molecular complexity index is 401. The Balaban J connectivity index is 2.22. The summed E-state index contributed by atoms with van der Waals surface area (Å²) in [5.74, 6) is 0.0658. The smallest absolute Gasteiger partial charge is 0.144 e. The van der Waals surface area contributed by atoms with Crippen LogP contribution in [0.3, 0.4) is 0 Å². The second kappa shape index (κ2) is 10.4. The number of ether oxygens (including phenoxy) is 2. The summed E-state index contributed by atoms with van der Waals surface area (Å²) >= 11 is 0. The number of aliphatic hydroxyl groups is 1. The fourth-order valence-corrected chi connectivity index (χ4v) is 1.95. The molecule has 0 fully saturated rings. The lowest BCUT2D eigenvalue weighted by atomic mass is 10.2. The van der Waals surface area contributed by atoms with Gasteiger partial charge >= 0.3 is 0 Å². The summed E-state index contributed by atoms with van der Waals surface area (Å²) in [6.45, 7) is 3.47. The fourth-order valence-electron chi connectivity index (χ4n) is 1.95. The van der Waals surface area contributed by atoms with Crippen molar-refractivity contribution >= 4 is 5.69 Å². The minimum Gasteiger partial charge on any atom is -0.494 e. The van der Waals surface area contributed by atoms with Gasteiger partial charge in [-0.1, -0.05) is 26.2 Å². The molecule has 5 heteroatoms. The lowest BCUT2D eigenvalue weighted by Gasteiger charge is -2.15. The van der Waals surface area contributed by atoms with Crippen molar-refractivity contribution in [1.29, 1.82) is 0 Å². The first kappa shape index (κ1) is 17.7. The number of hydrogen-bond donors (Lipinski definition) is 2. The van der Waals surface area contributed by atoms with Gasteiger partial charge in [-0.3, -0.25) is 0 Å². The van der Waals surface area contributed by atoms with Crippen LogP contribution in [0, 0.1) is 5.82 Å². The van der Waals surface area contributed by atoms with Crippen molar-refractivity contribution in [2.45, 2.75) is 38.7 Å². The van der Waals surface area contributed by atoms with E-state index in [1.54, 1.807) is 6.07 Å². The number of anilines is 1. The number of unbranched alkanes of at least 4 members (excludes halogenated alkanes) is 3. The number of halogens is 1. The highest BCUT2D eigenvalue weighted by Crippen LogP contribution is 2.24. The zero-order chi connectivity index (χ0) is 15.5. The van der Waals surface area contributed by atoms with Crippen molar-refractivity contribution in [2.75, 3.05) is 32.2 Å². The molecule has 0 aliphatic heterocycles. The predicted molar refractivity (Wildman–Crippen MR) is 82.4 cm³/mol. The van der Waals surface area contributed by atoms with E-state index in [-0.39, 0.29) is 5.82 Å². The van der Waals surface area contributed by atoms with Gasteiger partial charge in [0.15, 0.2) is 0 Å². The van der Waals surface area contributed by atoms with Crippen molar-refractivity contribution in [3.05, 3.63) is 24.0 Å². The van der Waals surface area contributed by atoms with E-state index in [0.717, 1.165) is 12.8 Å². The first-order chi connectivity index (χ1) is 10.2. The Hall–Kier alpha value is -1.33. The van der Waals surface area contributed by atoms with Crippen molar-refractivity contribution in [1.82, 2.24) is 0 Å². The van der Waals surface area contributed by atoms with Gasteiger partial charge in [-0.2, -0.15) is 0 Å². The summed E-state index contributed by atoms with van der Waals surface area (Å²) < 4.78 is 23.6. The van der Waals surface area contributed by atoms with E-state index in [0.29, 0.717) is 31.2 Å². The Morgan fingerprint density at radius 3 is 2.81 bits per heavy atom. The highest BCUT2D eigenvalue weighted by Gasteiger charge is 2.08. The molecule has 0 amide bonds. The Kier molecular flexibility index (Phi) is 8.78. The van der Waals surface area contributed by atoms with Gasteiger partial charge in [0.25, 0.3) is 0 Å². The molecular weight excluding hydrogens is 273 g/mol. The second-order valence-electron chi connectivity index (χ2n) is 5.01. The van der Waals surface area contributed by atoms with Gasteiger partial charge in [0, 0.05) is 19.2 Å². The zero-order valence-electron chi connectivity index (χ0n) is 12.9. The molecule has 1 aromatic rings. The van der Waals surface area contributed by atoms with Crippen LogP contribution in [0.15, 0.2) is 18.2 Å². The van der Waals surface area contributed by atoms with E-state index < -0.39 is 6.10 Å². The van der Waals surface area contributed by atoms with Gasteiger partial charge < -0.3 is 19.9 Å². The number of benzene rings is 1. The van der Waals surface area contributed by atoms with Crippen LogP contribution in [-0.4, -0.2) is 38.1 Å². The van der Waals surface area contributed by atoms with Gasteiger partial charge in [0.05, 0.1) is 25.5 Å². The summed E-state index contributed by atoms with van der Waals surface area (Å²) in [6, 6.07) is 4.24. The quantitative estimate of drug-likeness (QED) is 0.616. The van der Waals surface area contributed by atoms with Crippen LogP contribution in [0.5, 0.6) is 5.75 Å². The molecule has 0 heterocycles. The average Bonchev–Trinajstić information content (AvgIpc) is 2.49. The maximum absolute atomic E-state index is 13.0. The van der Waals surface area contributed by atoms with E-state index in [1.807, 2.05) is 0 Å². The third-order valence-corrected chi connectivity index (χ3v) is 3.14. The molecule has 0 saturated carbocycles. The van der Waals surface area contributed by atoms with Gasteiger partial charge in [0.2, 0.25) is 0 Å². The molecule has 2 N–H and O–H groups in total. The summed E-state index contributed by atoms with van der Waals surface area (Å²) in [4.78, 5) is 0. The first-order valence-corrected chi connectivity index (χ1v) is 7.50. The number of methoxy groups -OCH3 is 1. The van der Waals surface area contributed by atoms with E-state index in [1.165, 1.54) is 32.1 Å². The average molecular weight is 299 g/mol. The summed E-state index contributed by atoms with van der Waals surface area (Å²) in [5, 5.41) is 12.9.